The van der Waals surface area contributed by atoms with E-state index >= 15 is 0 Å². The fraction of sp³-hybridized carbons (Fsp3) is 0.450. The molecule has 0 atom stereocenters. The van der Waals surface area contributed by atoms with Crippen LogP contribution >= 0.6 is 0 Å². The average Bonchev–Trinajstić information content (AvgIpc) is 2.65. The molecule has 1 aliphatic carbocycles. The zero-order valence-electron chi connectivity index (χ0n) is 14.4. The minimum absolute atomic E-state index is 0.0570. The van der Waals surface area contributed by atoms with Crippen LogP contribution in [0.3, 0.4) is 0 Å². The Bertz CT molecular complexity index is 705. The van der Waals surface area contributed by atoms with Gasteiger partial charge in [0.15, 0.2) is 0 Å². The highest BCUT2D eigenvalue weighted by Gasteiger charge is 2.26. The summed E-state index contributed by atoms with van der Waals surface area (Å²) in [6.07, 6.45) is 3.90. The third kappa shape index (κ3) is 3.88. The molecule has 0 spiro atoms. The van der Waals surface area contributed by atoms with E-state index in [-0.39, 0.29) is 11.9 Å². The van der Waals surface area contributed by atoms with E-state index in [4.69, 9.17) is 9.47 Å². The van der Waals surface area contributed by atoms with E-state index in [0.717, 1.165) is 38.0 Å². The van der Waals surface area contributed by atoms with Crippen molar-refractivity contribution in [1.29, 1.82) is 0 Å². The first-order chi connectivity index (χ1) is 11.7. The summed E-state index contributed by atoms with van der Waals surface area (Å²) < 4.78 is 10.1. The van der Waals surface area contributed by atoms with Crippen molar-refractivity contribution < 1.29 is 14.3 Å². The Morgan fingerprint density at radius 1 is 1.04 bits per heavy atom. The first-order valence-corrected chi connectivity index (χ1v) is 8.57. The molecule has 0 amide bonds. The Morgan fingerprint density at radius 2 is 1.75 bits per heavy atom. The third-order valence-electron chi connectivity index (χ3n) is 4.97. The first-order valence-electron chi connectivity index (χ1n) is 8.57. The Hall–Kier alpha value is -2.07. The number of fused-ring (bicyclic) bond motifs is 1. The van der Waals surface area contributed by atoms with Crippen LogP contribution in [-0.4, -0.2) is 26.2 Å². The zero-order valence-corrected chi connectivity index (χ0v) is 14.4. The molecule has 4 heteroatoms. The lowest BCUT2D eigenvalue weighted by molar-refractivity contribution is -0.146. The van der Waals surface area contributed by atoms with Crippen molar-refractivity contribution in [3.05, 3.63) is 42.0 Å². The molecule has 1 N–H and O–H groups in total. The molecule has 1 fully saturated rings. The van der Waals surface area contributed by atoms with Gasteiger partial charge in [0.2, 0.25) is 0 Å². The average molecular weight is 327 g/mol. The molecule has 128 valence electrons. The zero-order chi connectivity index (χ0) is 16.9. The molecule has 24 heavy (non-hydrogen) atoms. The van der Waals surface area contributed by atoms with E-state index < -0.39 is 0 Å². The minimum Gasteiger partial charge on any atom is -0.497 e. The Balaban J connectivity index is 1.55. The van der Waals surface area contributed by atoms with Crippen LogP contribution in [0.25, 0.3) is 10.8 Å². The van der Waals surface area contributed by atoms with Gasteiger partial charge in [-0.05, 0) is 60.2 Å². The van der Waals surface area contributed by atoms with Crippen LogP contribution in [0.5, 0.6) is 5.75 Å². The molecule has 1 saturated carbocycles. The molecular formula is C20H25NO3. The van der Waals surface area contributed by atoms with E-state index in [9.17, 15) is 4.79 Å². The molecule has 3 rings (SSSR count). The van der Waals surface area contributed by atoms with Crippen LogP contribution < -0.4 is 10.1 Å². The second-order valence-corrected chi connectivity index (χ2v) is 6.50. The van der Waals surface area contributed by atoms with Gasteiger partial charge in [0, 0.05) is 12.6 Å². The first kappa shape index (κ1) is 16.8. The van der Waals surface area contributed by atoms with Crippen molar-refractivity contribution in [2.75, 3.05) is 14.2 Å². The number of hydrogen-bond acceptors (Lipinski definition) is 4. The summed E-state index contributed by atoms with van der Waals surface area (Å²) in [4.78, 5) is 11.6. The van der Waals surface area contributed by atoms with Gasteiger partial charge in [-0.3, -0.25) is 4.79 Å². The molecule has 2 aromatic rings. The lowest BCUT2D eigenvalue weighted by Gasteiger charge is -2.27. The van der Waals surface area contributed by atoms with Crippen LogP contribution in [0.1, 0.15) is 31.2 Å². The van der Waals surface area contributed by atoms with Crippen molar-refractivity contribution in [2.45, 2.75) is 38.3 Å². The number of nitrogens with one attached hydrogen (secondary N) is 1. The highest BCUT2D eigenvalue weighted by molar-refractivity contribution is 5.84. The van der Waals surface area contributed by atoms with E-state index in [0.29, 0.717) is 6.04 Å². The number of ether oxygens (including phenoxy) is 2. The van der Waals surface area contributed by atoms with Crippen LogP contribution in [0, 0.1) is 5.92 Å². The van der Waals surface area contributed by atoms with Crippen LogP contribution in [0.2, 0.25) is 0 Å². The van der Waals surface area contributed by atoms with Gasteiger partial charge >= 0.3 is 5.97 Å². The summed E-state index contributed by atoms with van der Waals surface area (Å²) in [6, 6.07) is 13.2. The van der Waals surface area contributed by atoms with Crippen molar-refractivity contribution >= 4 is 16.7 Å². The number of carbonyl (C=O) groups is 1. The SMILES string of the molecule is COC(=O)C1CCC(NCc2ccc3cc(OC)ccc3c2)CC1. The van der Waals surface area contributed by atoms with Crippen molar-refractivity contribution in [1.82, 2.24) is 5.32 Å². The van der Waals surface area contributed by atoms with E-state index in [2.05, 4.69) is 35.6 Å². The van der Waals surface area contributed by atoms with Crippen LogP contribution in [-0.2, 0) is 16.1 Å². The van der Waals surface area contributed by atoms with Gasteiger partial charge in [-0.1, -0.05) is 18.2 Å². The molecule has 0 bridgehead atoms. The second-order valence-electron chi connectivity index (χ2n) is 6.50. The Labute approximate surface area is 143 Å². The van der Waals surface area contributed by atoms with Gasteiger partial charge < -0.3 is 14.8 Å². The quantitative estimate of drug-likeness (QED) is 0.851. The highest BCUT2D eigenvalue weighted by atomic mass is 16.5. The van der Waals surface area contributed by atoms with Gasteiger partial charge in [0.25, 0.3) is 0 Å². The molecule has 0 saturated heterocycles. The van der Waals surface area contributed by atoms with Gasteiger partial charge in [0.1, 0.15) is 5.75 Å². The maximum absolute atomic E-state index is 11.6. The molecule has 4 nitrogen and oxygen atoms in total. The largest absolute Gasteiger partial charge is 0.497 e. The Morgan fingerprint density at radius 3 is 2.46 bits per heavy atom. The molecule has 2 aromatic carbocycles. The number of rotatable bonds is 5. The topological polar surface area (TPSA) is 47.6 Å². The minimum atomic E-state index is -0.0570. The molecule has 0 heterocycles. The fourth-order valence-corrected chi connectivity index (χ4v) is 3.47. The predicted molar refractivity (Wildman–Crippen MR) is 95.1 cm³/mol. The van der Waals surface area contributed by atoms with E-state index in [1.807, 2.05) is 6.07 Å². The summed E-state index contributed by atoms with van der Waals surface area (Å²) in [5.41, 5.74) is 1.28. The molecule has 0 aliphatic heterocycles. The van der Waals surface area contributed by atoms with E-state index in [1.54, 1.807) is 7.11 Å². The van der Waals surface area contributed by atoms with Crippen molar-refractivity contribution in [3.63, 3.8) is 0 Å². The standard InChI is InChI=1S/C20H25NO3/c1-23-19-10-7-16-11-14(3-4-17(16)12-19)13-21-18-8-5-15(6-9-18)20(22)24-2/h3-4,7,10-12,15,18,21H,5-6,8-9,13H2,1-2H3. The van der Waals surface area contributed by atoms with Crippen molar-refractivity contribution in [2.24, 2.45) is 5.92 Å². The van der Waals surface area contributed by atoms with Gasteiger partial charge in [-0.15, -0.1) is 0 Å². The van der Waals surface area contributed by atoms with Gasteiger partial charge in [0.05, 0.1) is 20.1 Å². The summed E-state index contributed by atoms with van der Waals surface area (Å²) in [5, 5.41) is 6.04. The maximum Gasteiger partial charge on any atom is 0.308 e. The fourth-order valence-electron chi connectivity index (χ4n) is 3.47. The second kappa shape index (κ2) is 7.67. The maximum atomic E-state index is 11.6. The lowest BCUT2D eigenvalue weighted by Crippen LogP contribution is -2.34. The molecular weight excluding hydrogens is 302 g/mol. The predicted octanol–water partition coefficient (Wildman–Crippen LogP) is 3.67. The van der Waals surface area contributed by atoms with Crippen LogP contribution in [0.4, 0.5) is 0 Å². The van der Waals surface area contributed by atoms with Gasteiger partial charge in [-0.2, -0.15) is 0 Å². The smallest absolute Gasteiger partial charge is 0.308 e. The molecule has 0 unspecified atom stereocenters. The third-order valence-corrected chi connectivity index (χ3v) is 4.97. The highest BCUT2D eigenvalue weighted by Crippen LogP contribution is 2.26. The Kier molecular flexibility index (Phi) is 5.36. The number of hydrogen-bond donors (Lipinski definition) is 1. The summed E-state index contributed by atoms with van der Waals surface area (Å²) >= 11 is 0. The van der Waals surface area contributed by atoms with Crippen LogP contribution in [0.15, 0.2) is 36.4 Å². The molecule has 0 radical (unpaired) electrons. The van der Waals surface area contributed by atoms with E-state index in [1.165, 1.54) is 23.4 Å². The lowest BCUT2D eigenvalue weighted by atomic mass is 9.86. The number of esters is 1. The van der Waals surface area contributed by atoms with Crippen molar-refractivity contribution in [3.8, 4) is 5.75 Å². The van der Waals surface area contributed by atoms with Gasteiger partial charge in [-0.25, -0.2) is 0 Å². The number of benzene rings is 2. The number of carbonyl (C=O) groups excluding carboxylic acids is 1. The molecule has 1 aliphatic rings. The summed E-state index contributed by atoms with van der Waals surface area (Å²) in [5.74, 6) is 0.915. The molecule has 0 aromatic heterocycles. The summed E-state index contributed by atoms with van der Waals surface area (Å²) in [6.45, 7) is 0.857. The monoisotopic (exact) mass is 327 g/mol. The number of methoxy groups -OCH3 is 2. The summed E-state index contributed by atoms with van der Waals surface area (Å²) in [7, 11) is 3.16. The normalized spacial score (nSPS) is 20.8.